The van der Waals surface area contributed by atoms with Crippen LogP contribution in [0.15, 0.2) is 23.1 Å². The van der Waals surface area contributed by atoms with Gasteiger partial charge in [0, 0.05) is 10.9 Å². The summed E-state index contributed by atoms with van der Waals surface area (Å²) in [5.74, 6) is 0. The van der Waals surface area contributed by atoms with Crippen LogP contribution < -0.4 is 5.32 Å². The van der Waals surface area contributed by atoms with Crippen molar-refractivity contribution in [2.24, 2.45) is 0 Å². The fourth-order valence-electron chi connectivity index (χ4n) is 2.51. The van der Waals surface area contributed by atoms with E-state index in [0.29, 0.717) is 0 Å². The second-order valence-electron chi connectivity index (χ2n) is 6.04. The molecule has 2 nitrogen and oxygen atoms in total. The SMILES string of the molecule is CCNC1c2cc(C(C)(C)C)ccc2S(=O)C1C. The summed E-state index contributed by atoms with van der Waals surface area (Å²) in [5.41, 5.74) is 2.68. The molecule has 0 saturated heterocycles. The van der Waals surface area contributed by atoms with Gasteiger partial charge < -0.3 is 5.32 Å². The van der Waals surface area contributed by atoms with Gasteiger partial charge in [0.15, 0.2) is 0 Å². The Morgan fingerprint density at radius 2 is 2.00 bits per heavy atom. The molecule has 1 heterocycles. The minimum atomic E-state index is -0.872. The molecule has 0 aromatic heterocycles. The fraction of sp³-hybridized carbons (Fsp3) is 0.600. The highest BCUT2D eigenvalue weighted by molar-refractivity contribution is 7.86. The molecular weight excluding hydrogens is 242 g/mol. The summed E-state index contributed by atoms with van der Waals surface area (Å²) in [6.45, 7) is 11.7. The highest BCUT2D eigenvalue weighted by Gasteiger charge is 2.35. The zero-order valence-electron chi connectivity index (χ0n) is 11.9. The van der Waals surface area contributed by atoms with Crippen LogP contribution in [-0.2, 0) is 16.2 Å². The molecule has 1 aliphatic rings. The highest BCUT2D eigenvalue weighted by Crippen LogP contribution is 2.38. The van der Waals surface area contributed by atoms with E-state index in [1.54, 1.807) is 0 Å². The summed E-state index contributed by atoms with van der Waals surface area (Å²) in [4.78, 5) is 1.02. The van der Waals surface area contributed by atoms with E-state index in [4.69, 9.17) is 0 Å². The van der Waals surface area contributed by atoms with E-state index in [-0.39, 0.29) is 16.7 Å². The second-order valence-corrected chi connectivity index (χ2v) is 7.82. The largest absolute Gasteiger partial charge is 0.309 e. The van der Waals surface area contributed by atoms with Crippen molar-refractivity contribution in [3.05, 3.63) is 29.3 Å². The lowest BCUT2D eigenvalue weighted by atomic mass is 9.85. The van der Waals surface area contributed by atoms with Gasteiger partial charge in [0.05, 0.1) is 16.0 Å². The molecule has 1 aromatic carbocycles. The Hall–Kier alpha value is -0.670. The second kappa shape index (κ2) is 4.78. The van der Waals surface area contributed by atoms with Gasteiger partial charge in [0.2, 0.25) is 0 Å². The Morgan fingerprint density at radius 1 is 1.33 bits per heavy atom. The van der Waals surface area contributed by atoms with Crippen LogP contribution in [0.1, 0.15) is 51.8 Å². The molecule has 1 aromatic rings. The molecule has 1 N–H and O–H groups in total. The maximum absolute atomic E-state index is 12.3. The molecule has 3 unspecified atom stereocenters. The van der Waals surface area contributed by atoms with Gasteiger partial charge in [-0.3, -0.25) is 4.21 Å². The van der Waals surface area contributed by atoms with Crippen LogP contribution in [0.4, 0.5) is 0 Å². The average Bonchev–Trinajstić information content (AvgIpc) is 2.53. The summed E-state index contributed by atoms with van der Waals surface area (Å²) in [7, 11) is -0.872. The quantitative estimate of drug-likeness (QED) is 0.890. The lowest BCUT2D eigenvalue weighted by Gasteiger charge is -2.21. The molecule has 0 bridgehead atoms. The first-order chi connectivity index (χ1) is 8.36. The zero-order valence-corrected chi connectivity index (χ0v) is 12.7. The van der Waals surface area contributed by atoms with E-state index in [1.165, 1.54) is 11.1 Å². The van der Waals surface area contributed by atoms with Gasteiger partial charge in [0.1, 0.15) is 0 Å². The predicted octanol–water partition coefficient (Wildman–Crippen LogP) is 3.14. The summed E-state index contributed by atoms with van der Waals surface area (Å²) in [6, 6.07) is 6.65. The third-order valence-corrected chi connectivity index (χ3v) is 5.41. The molecule has 1 aliphatic heterocycles. The molecule has 18 heavy (non-hydrogen) atoms. The van der Waals surface area contributed by atoms with Crippen LogP contribution in [0, 0.1) is 0 Å². The summed E-state index contributed by atoms with van der Waals surface area (Å²) < 4.78 is 12.3. The van der Waals surface area contributed by atoms with Crippen LogP contribution in [0.2, 0.25) is 0 Å². The fourth-order valence-corrected chi connectivity index (χ4v) is 4.02. The molecule has 0 fully saturated rings. The van der Waals surface area contributed by atoms with Crippen LogP contribution in [0.25, 0.3) is 0 Å². The van der Waals surface area contributed by atoms with Crippen molar-refractivity contribution in [2.75, 3.05) is 6.54 Å². The topological polar surface area (TPSA) is 29.1 Å². The summed E-state index contributed by atoms with van der Waals surface area (Å²) in [5, 5.41) is 3.63. The van der Waals surface area contributed by atoms with Gasteiger partial charge in [-0.25, -0.2) is 0 Å². The molecular formula is C15H23NOS. The van der Waals surface area contributed by atoms with Crippen LogP contribution in [-0.4, -0.2) is 16.0 Å². The Balaban J connectivity index is 2.49. The lowest BCUT2D eigenvalue weighted by Crippen LogP contribution is -2.27. The van der Waals surface area contributed by atoms with Crippen LogP contribution >= 0.6 is 0 Å². The van der Waals surface area contributed by atoms with E-state index in [2.05, 4.69) is 58.1 Å². The zero-order chi connectivity index (χ0) is 13.5. The number of nitrogens with one attached hydrogen (secondary N) is 1. The van der Waals surface area contributed by atoms with E-state index >= 15 is 0 Å². The average molecular weight is 265 g/mol. The maximum Gasteiger partial charge on any atom is 0.0580 e. The van der Waals surface area contributed by atoms with Crippen molar-refractivity contribution in [3.8, 4) is 0 Å². The normalized spacial score (nSPS) is 27.3. The van der Waals surface area contributed by atoms with Gasteiger partial charge in [-0.05, 0) is 36.1 Å². The van der Waals surface area contributed by atoms with E-state index in [9.17, 15) is 4.21 Å². The summed E-state index contributed by atoms with van der Waals surface area (Å²) in [6.07, 6.45) is 0. The Bertz CT molecular complexity index is 476. The predicted molar refractivity (Wildman–Crippen MR) is 77.4 cm³/mol. The van der Waals surface area contributed by atoms with Gasteiger partial charge in [-0.2, -0.15) is 0 Å². The van der Waals surface area contributed by atoms with Gasteiger partial charge in [-0.1, -0.05) is 39.8 Å². The Kier molecular flexibility index (Phi) is 3.65. The monoisotopic (exact) mass is 265 g/mol. The molecule has 0 aliphatic carbocycles. The van der Waals surface area contributed by atoms with E-state index in [0.717, 1.165) is 11.4 Å². The number of hydrogen-bond donors (Lipinski definition) is 1. The summed E-state index contributed by atoms with van der Waals surface area (Å²) >= 11 is 0. The number of fused-ring (bicyclic) bond motifs is 1. The molecule has 100 valence electrons. The maximum atomic E-state index is 12.3. The molecule has 0 radical (unpaired) electrons. The number of benzene rings is 1. The first-order valence-corrected chi connectivity index (χ1v) is 7.86. The van der Waals surface area contributed by atoms with E-state index in [1.807, 2.05) is 0 Å². The van der Waals surface area contributed by atoms with Crippen molar-refractivity contribution in [3.63, 3.8) is 0 Å². The minimum absolute atomic E-state index is 0.138. The van der Waals surface area contributed by atoms with E-state index < -0.39 is 10.8 Å². The van der Waals surface area contributed by atoms with Gasteiger partial charge >= 0.3 is 0 Å². The first-order valence-electron chi connectivity index (χ1n) is 6.64. The van der Waals surface area contributed by atoms with Crippen molar-refractivity contribution in [1.29, 1.82) is 0 Å². The smallest absolute Gasteiger partial charge is 0.0580 e. The molecule has 0 amide bonds. The minimum Gasteiger partial charge on any atom is -0.309 e. The van der Waals surface area contributed by atoms with Crippen molar-refractivity contribution in [1.82, 2.24) is 5.32 Å². The van der Waals surface area contributed by atoms with Gasteiger partial charge in [-0.15, -0.1) is 0 Å². The third kappa shape index (κ3) is 2.26. The number of rotatable bonds is 2. The van der Waals surface area contributed by atoms with Crippen molar-refractivity contribution in [2.45, 2.75) is 56.2 Å². The molecule has 3 heteroatoms. The molecule has 0 spiro atoms. The highest BCUT2D eigenvalue weighted by atomic mass is 32.2. The Morgan fingerprint density at radius 3 is 2.56 bits per heavy atom. The van der Waals surface area contributed by atoms with Crippen molar-refractivity contribution < 1.29 is 4.21 Å². The van der Waals surface area contributed by atoms with Gasteiger partial charge in [0.25, 0.3) is 0 Å². The molecule has 0 saturated carbocycles. The van der Waals surface area contributed by atoms with Crippen LogP contribution in [0.3, 0.4) is 0 Å². The molecule has 3 atom stereocenters. The number of hydrogen-bond acceptors (Lipinski definition) is 2. The Labute approximate surface area is 113 Å². The standard InChI is InChI=1S/C15H23NOS/c1-6-16-14-10(2)18(17)13-8-7-11(9-12(13)14)15(3,4)5/h7-10,14,16H,6H2,1-5H3. The molecule has 2 rings (SSSR count). The van der Waals surface area contributed by atoms with Crippen LogP contribution in [0.5, 0.6) is 0 Å². The third-order valence-electron chi connectivity index (χ3n) is 3.66. The first kappa shape index (κ1) is 13.8. The lowest BCUT2D eigenvalue weighted by molar-refractivity contribution is 0.541. The van der Waals surface area contributed by atoms with Crippen molar-refractivity contribution >= 4 is 10.8 Å².